The molecule has 276 valence electrons. The lowest BCUT2D eigenvalue weighted by atomic mass is 10.1. The molecule has 6 aromatic carbocycles. The summed E-state index contributed by atoms with van der Waals surface area (Å²) >= 11 is 0. The van der Waals surface area contributed by atoms with Crippen molar-refractivity contribution >= 4 is 23.0 Å². The standard InChI is InChI=1S/C40H40N5O6P3/c41-31-29-33-17-13-15-27-39(33)50-54(51-40-28-16-14-18-34(40)30-32-42)44-52(46-35-19-5-1-6-20-35,47-36-21-7-2-8-22-36)43-53(45-54,48-37-23-9-3-10-24-37)49-38-25-11-4-12-26-38/h1-28H,29-32,41-42H2. The van der Waals surface area contributed by atoms with Gasteiger partial charge < -0.3 is 38.6 Å². The van der Waals surface area contributed by atoms with E-state index >= 15 is 0 Å². The normalized spacial score (nSPS) is 14.9. The molecule has 0 aliphatic carbocycles. The largest absolute Gasteiger partial charge is 0.460 e. The van der Waals surface area contributed by atoms with Gasteiger partial charge in [0, 0.05) is 0 Å². The lowest BCUT2D eigenvalue weighted by Crippen LogP contribution is -2.13. The summed E-state index contributed by atoms with van der Waals surface area (Å²) in [5.41, 5.74) is 13.8. The summed E-state index contributed by atoms with van der Waals surface area (Å²) in [6.07, 6.45) is 1.04. The van der Waals surface area contributed by atoms with Crippen LogP contribution in [0.25, 0.3) is 0 Å². The van der Waals surface area contributed by atoms with Crippen LogP contribution in [-0.2, 0) is 12.8 Å². The topological polar surface area (TPSA) is 144 Å². The van der Waals surface area contributed by atoms with Crippen LogP contribution in [0.2, 0.25) is 0 Å². The van der Waals surface area contributed by atoms with Crippen molar-refractivity contribution in [1.29, 1.82) is 0 Å². The summed E-state index contributed by atoms with van der Waals surface area (Å²) in [7, 11) is -12.0. The Kier molecular flexibility index (Phi) is 11.8. The molecule has 0 unspecified atom stereocenters. The van der Waals surface area contributed by atoms with E-state index in [0.717, 1.165) is 11.1 Å². The summed E-state index contributed by atoms with van der Waals surface area (Å²) in [4.78, 5) is 0. The van der Waals surface area contributed by atoms with Crippen molar-refractivity contribution in [2.45, 2.75) is 12.8 Å². The van der Waals surface area contributed by atoms with E-state index in [4.69, 9.17) is 52.2 Å². The van der Waals surface area contributed by atoms with Crippen molar-refractivity contribution in [3.63, 3.8) is 0 Å². The van der Waals surface area contributed by atoms with Gasteiger partial charge >= 0.3 is 23.0 Å². The van der Waals surface area contributed by atoms with Crippen LogP contribution in [0.4, 0.5) is 0 Å². The monoisotopic (exact) mass is 779 g/mol. The maximum absolute atomic E-state index is 7.07. The minimum Gasteiger partial charge on any atom is -0.413 e. The predicted octanol–water partition coefficient (Wildman–Crippen LogP) is 11.3. The van der Waals surface area contributed by atoms with E-state index in [2.05, 4.69) is 0 Å². The van der Waals surface area contributed by atoms with E-state index in [-0.39, 0.29) is 0 Å². The number of hydrogen-bond acceptors (Lipinski definition) is 11. The van der Waals surface area contributed by atoms with E-state index in [1.165, 1.54) is 0 Å². The molecule has 0 aromatic heterocycles. The Morgan fingerprint density at radius 2 is 0.593 bits per heavy atom. The van der Waals surface area contributed by atoms with Crippen LogP contribution in [-0.4, -0.2) is 13.1 Å². The SMILES string of the molecule is NCCc1ccccc1OP1(Oc2ccccc2CCN)=NP(Oc2ccccc2)(Oc2ccccc2)=NP(Oc2ccccc2)(Oc2ccccc2)=N1. The second kappa shape index (κ2) is 17.3. The van der Waals surface area contributed by atoms with Gasteiger partial charge in [-0.15, -0.1) is 0 Å². The van der Waals surface area contributed by atoms with Gasteiger partial charge in [0.15, 0.2) is 0 Å². The Morgan fingerprint density at radius 3 is 0.889 bits per heavy atom. The van der Waals surface area contributed by atoms with Crippen LogP contribution in [0.3, 0.4) is 0 Å². The van der Waals surface area contributed by atoms with Gasteiger partial charge in [-0.05, 0) is 97.7 Å². The molecule has 1 heterocycles. The summed E-state index contributed by atoms with van der Waals surface area (Å²) in [6.45, 7) is 0.762. The molecule has 54 heavy (non-hydrogen) atoms. The third kappa shape index (κ3) is 9.26. The molecule has 0 radical (unpaired) electrons. The number of hydrogen-bond donors (Lipinski definition) is 2. The highest BCUT2D eigenvalue weighted by molar-refractivity contribution is 7.79. The first-order valence-corrected chi connectivity index (χ1v) is 21.9. The van der Waals surface area contributed by atoms with Gasteiger partial charge in [-0.25, -0.2) is 0 Å². The molecule has 0 bridgehead atoms. The van der Waals surface area contributed by atoms with Gasteiger partial charge in [0.05, 0.1) is 0 Å². The van der Waals surface area contributed by atoms with Crippen LogP contribution in [0.5, 0.6) is 34.5 Å². The first-order valence-electron chi connectivity index (χ1n) is 17.3. The lowest BCUT2D eigenvalue weighted by Gasteiger charge is -2.33. The second-order valence-electron chi connectivity index (χ2n) is 11.8. The summed E-state index contributed by atoms with van der Waals surface area (Å²) in [5.74, 6) is 2.71. The van der Waals surface area contributed by atoms with Gasteiger partial charge in [0.1, 0.15) is 34.5 Å². The van der Waals surface area contributed by atoms with Crippen molar-refractivity contribution in [2.75, 3.05) is 13.1 Å². The zero-order valence-corrected chi connectivity index (χ0v) is 32.0. The fourth-order valence-electron chi connectivity index (χ4n) is 5.40. The van der Waals surface area contributed by atoms with Crippen molar-refractivity contribution in [3.05, 3.63) is 181 Å². The Hall–Kier alpha value is -5.27. The first-order chi connectivity index (χ1) is 26.5. The molecule has 1 aliphatic heterocycles. The number of rotatable bonds is 16. The minimum absolute atomic E-state index is 0.381. The molecule has 0 atom stereocenters. The van der Waals surface area contributed by atoms with Crippen LogP contribution in [0, 0.1) is 0 Å². The molecule has 0 spiro atoms. The Labute approximate surface area is 315 Å². The fraction of sp³-hybridized carbons (Fsp3) is 0.100. The quantitative estimate of drug-likeness (QED) is 0.0924. The number of para-hydroxylation sites is 6. The van der Waals surface area contributed by atoms with Crippen LogP contribution < -0.4 is 38.6 Å². The average molecular weight is 780 g/mol. The zero-order valence-electron chi connectivity index (χ0n) is 29.3. The van der Waals surface area contributed by atoms with Gasteiger partial charge in [-0.2, -0.15) is 0 Å². The summed E-state index contributed by atoms with van der Waals surface area (Å²) in [5, 5.41) is 0. The Balaban J connectivity index is 1.58. The molecular formula is C40H40N5O6P3. The van der Waals surface area contributed by atoms with Crippen molar-refractivity contribution in [2.24, 2.45) is 25.0 Å². The fourth-order valence-corrected chi connectivity index (χ4v) is 14.5. The molecule has 0 saturated heterocycles. The van der Waals surface area contributed by atoms with Gasteiger partial charge in [0.25, 0.3) is 0 Å². The molecule has 0 fully saturated rings. The number of benzene rings is 6. The van der Waals surface area contributed by atoms with E-state index in [0.29, 0.717) is 60.4 Å². The predicted molar refractivity (Wildman–Crippen MR) is 216 cm³/mol. The molecule has 6 aromatic rings. The van der Waals surface area contributed by atoms with Crippen molar-refractivity contribution in [1.82, 2.24) is 0 Å². The minimum atomic E-state index is -4.05. The molecular weight excluding hydrogens is 739 g/mol. The van der Waals surface area contributed by atoms with Crippen LogP contribution in [0.15, 0.2) is 183 Å². The zero-order chi connectivity index (χ0) is 37.1. The molecule has 4 N–H and O–H groups in total. The molecule has 0 amide bonds. The van der Waals surface area contributed by atoms with E-state index in [1.54, 1.807) is 48.5 Å². The maximum Gasteiger partial charge on any atom is 0.460 e. The molecule has 11 nitrogen and oxygen atoms in total. The van der Waals surface area contributed by atoms with Gasteiger partial charge in [-0.1, -0.05) is 123 Å². The summed E-state index contributed by atoms with van der Waals surface area (Å²) in [6, 6.07) is 52.0. The number of nitrogens with zero attached hydrogens (tertiary/aromatic N) is 3. The molecule has 1 aliphatic rings. The van der Waals surface area contributed by atoms with E-state index < -0.39 is 23.0 Å². The highest BCUT2D eigenvalue weighted by atomic mass is 31.3. The first kappa shape index (κ1) is 37.1. The van der Waals surface area contributed by atoms with Crippen molar-refractivity contribution in [3.8, 4) is 34.5 Å². The lowest BCUT2D eigenvalue weighted by molar-refractivity contribution is 0.441. The summed E-state index contributed by atoms with van der Waals surface area (Å²) < 4.78 is 57.4. The van der Waals surface area contributed by atoms with Crippen LogP contribution >= 0.6 is 23.0 Å². The maximum atomic E-state index is 7.07. The Bertz CT molecular complexity index is 2080. The average Bonchev–Trinajstić information content (AvgIpc) is 3.18. The van der Waals surface area contributed by atoms with E-state index in [1.807, 2.05) is 121 Å². The second-order valence-corrected chi connectivity index (χ2v) is 18.0. The van der Waals surface area contributed by atoms with Crippen LogP contribution in [0.1, 0.15) is 11.1 Å². The smallest absolute Gasteiger partial charge is 0.413 e. The molecule has 0 saturated carbocycles. The van der Waals surface area contributed by atoms with E-state index in [9.17, 15) is 0 Å². The molecule has 14 heteroatoms. The van der Waals surface area contributed by atoms with Crippen molar-refractivity contribution < 1.29 is 27.1 Å². The van der Waals surface area contributed by atoms with Gasteiger partial charge in [0.2, 0.25) is 0 Å². The third-order valence-corrected chi connectivity index (χ3v) is 15.8. The Morgan fingerprint density at radius 1 is 0.333 bits per heavy atom. The third-order valence-electron chi connectivity index (χ3n) is 7.76. The number of nitrogens with two attached hydrogens (primary N) is 2. The molecule has 7 rings (SSSR count). The highest BCUT2D eigenvalue weighted by Gasteiger charge is 2.49. The van der Waals surface area contributed by atoms with Gasteiger partial charge in [-0.3, -0.25) is 0 Å². The highest BCUT2D eigenvalue weighted by Crippen LogP contribution is 2.78.